The third-order valence-electron chi connectivity index (χ3n) is 5.15. The zero-order valence-corrected chi connectivity index (χ0v) is 15.4. The highest BCUT2D eigenvalue weighted by Crippen LogP contribution is 2.31. The molecule has 2 aromatic heterocycles. The van der Waals surface area contributed by atoms with Gasteiger partial charge < -0.3 is 15.0 Å². The average Bonchev–Trinajstić information content (AvgIpc) is 3.10. The highest BCUT2D eigenvalue weighted by atomic mass is 16.3. The predicted molar refractivity (Wildman–Crippen MR) is 105 cm³/mol. The number of hydrogen-bond acceptors (Lipinski definition) is 5. The van der Waals surface area contributed by atoms with Gasteiger partial charge in [0.1, 0.15) is 5.52 Å². The summed E-state index contributed by atoms with van der Waals surface area (Å²) in [5, 5.41) is 9.11. The largest absolute Gasteiger partial charge is 0.395 e. The van der Waals surface area contributed by atoms with E-state index in [0.29, 0.717) is 0 Å². The molecule has 1 aliphatic rings. The van der Waals surface area contributed by atoms with E-state index in [1.165, 1.54) is 16.8 Å². The van der Waals surface area contributed by atoms with Crippen LogP contribution in [-0.4, -0.2) is 64.3 Å². The number of rotatable bonds is 4. The maximum atomic E-state index is 9.11. The van der Waals surface area contributed by atoms with Crippen molar-refractivity contribution in [3.63, 3.8) is 0 Å². The summed E-state index contributed by atoms with van der Waals surface area (Å²) in [5.74, 6) is 0. The van der Waals surface area contributed by atoms with Gasteiger partial charge in [0.05, 0.1) is 18.5 Å². The summed E-state index contributed by atoms with van der Waals surface area (Å²) >= 11 is 0. The van der Waals surface area contributed by atoms with Crippen LogP contribution in [0.4, 0.5) is 5.69 Å². The second-order valence-corrected chi connectivity index (χ2v) is 6.98. The van der Waals surface area contributed by atoms with Crippen LogP contribution in [-0.2, 0) is 0 Å². The smallest absolute Gasteiger partial charge is 0.156 e. The average molecular weight is 351 g/mol. The van der Waals surface area contributed by atoms with Crippen molar-refractivity contribution in [3.8, 4) is 11.3 Å². The summed E-state index contributed by atoms with van der Waals surface area (Å²) in [6.07, 6.45) is 3.70. The number of β-amino-alcohol motifs (C(OH)–C–C–N with tert-alkyl or cyclic N) is 1. The molecule has 26 heavy (non-hydrogen) atoms. The number of hydrogen-bond donors (Lipinski definition) is 2. The van der Waals surface area contributed by atoms with Crippen molar-refractivity contribution in [2.75, 3.05) is 44.2 Å². The standard InChI is InChI=1S/C20H25N5O/c1-14-11-16(18-13-22-20-17(23-18)3-4-21-20)12-15(2)19(14)25-7-5-24(6-8-25)9-10-26/h3-4,11-13,26H,5-10H2,1-2H3,(H,21,22). The Morgan fingerprint density at radius 3 is 2.54 bits per heavy atom. The summed E-state index contributed by atoms with van der Waals surface area (Å²) in [6, 6.07) is 6.38. The van der Waals surface area contributed by atoms with Gasteiger partial charge in [0.25, 0.3) is 0 Å². The van der Waals surface area contributed by atoms with Gasteiger partial charge in [-0.05, 0) is 43.2 Å². The minimum atomic E-state index is 0.235. The number of aromatic amines is 1. The molecule has 0 atom stereocenters. The molecular formula is C20H25N5O. The maximum absolute atomic E-state index is 9.11. The number of aliphatic hydroxyl groups excluding tert-OH is 1. The van der Waals surface area contributed by atoms with E-state index < -0.39 is 0 Å². The minimum absolute atomic E-state index is 0.235. The molecule has 0 amide bonds. The van der Waals surface area contributed by atoms with Gasteiger partial charge in [-0.25, -0.2) is 9.97 Å². The summed E-state index contributed by atoms with van der Waals surface area (Å²) in [4.78, 5) is 17.0. The van der Waals surface area contributed by atoms with E-state index in [2.05, 4.69) is 45.7 Å². The van der Waals surface area contributed by atoms with E-state index in [0.717, 1.165) is 55.1 Å². The topological polar surface area (TPSA) is 68.3 Å². The molecule has 6 nitrogen and oxygen atoms in total. The van der Waals surface area contributed by atoms with Crippen LogP contribution in [0, 0.1) is 13.8 Å². The first-order valence-electron chi connectivity index (χ1n) is 9.15. The fourth-order valence-electron chi connectivity index (χ4n) is 3.91. The number of fused-ring (bicyclic) bond motifs is 1. The summed E-state index contributed by atoms with van der Waals surface area (Å²) in [5.41, 5.74) is 7.59. The number of H-pyrrole nitrogens is 1. The van der Waals surface area contributed by atoms with E-state index in [1.807, 2.05) is 18.5 Å². The van der Waals surface area contributed by atoms with Crippen molar-refractivity contribution in [1.29, 1.82) is 0 Å². The Labute approximate surface area is 153 Å². The highest BCUT2D eigenvalue weighted by molar-refractivity contribution is 5.76. The van der Waals surface area contributed by atoms with Gasteiger partial charge in [-0.15, -0.1) is 0 Å². The Hall–Kier alpha value is -2.44. The van der Waals surface area contributed by atoms with Gasteiger partial charge in [-0.3, -0.25) is 4.90 Å². The number of nitrogens with zero attached hydrogens (tertiary/aromatic N) is 4. The fraction of sp³-hybridized carbons (Fsp3) is 0.400. The van der Waals surface area contributed by atoms with E-state index in [1.54, 1.807) is 0 Å². The fourth-order valence-corrected chi connectivity index (χ4v) is 3.91. The number of nitrogens with one attached hydrogen (secondary N) is 1. The monoisotopic (exact) mass is 351 g/mol. The van der Waals surface area contributed by atoms with E-state index in [9.17, 15) is 0 Å². The Morgan fingerprint density at radius 1 is 1.12 bits per heavy atom. The van der Waals surface area contributed by atoms with Gasteiger partial charge in [0, 0.05) is 50.2 Å². The zero-order chi connectivity index (χ0) is 18.1. The van der Waals surface area contributed by atoms with Gasteiger partial charge in [0.15, 0.2) is 5.65 Å². The molecule has 3 heterocycles. The van der Waals surface area contributed by atoms with Crippen LogP contribution in [0.3, 0.4) is 0 Å². The van der Waals surface area contributed by atoms with Crippen molar-refractivity contribution in [1.82, 2.24) is 19.9 Å². The lowest BCUT2D eigenvalue weighted by molar-refractivity contribution is 0.188. The van der Waals surface area contributed by atoms with E-state index in [-0.39, 0.29) is 6.61 Å². The first kappa shape index (κ1) is 17.0. The van der Waals surface area contributed by atoms with E-state index >= 15 is 0 Å². The number of anilines is 1. The minimum Gasteiger partial charge on any atom is -0.395 e. The lowest BCUT2D eigenvalue weighted by Gasteiger charge is -2.37. The zero-order valence-electron chi connectivity index (χ0n) is 15.4. The molecule has 0 saturated carbocycles. The van der Waals surface area contributed by atoms with Gasteiger partial charge >= 0.3 is 0 Å². The molecule has 0 aliphatic carbocycles. The SMILES string of the molecule is Cc1cc(-c2cnc3[nH]ccc3n2)cc(C)c1N1CCN(CCO)CC1. The number of piperazine rings is 1. The molecule has 3 aromatic rings. The second-order valence-electron chi connectivity index (χ2n) is 6.98. The first-order valence-corrected chi connectivity index (χ1v) is 9.15. The van der Waals surface area contributed by atoms with Gasteiger partial charge in [-0.2, -0.15) is 0 Å². The molecule has 4 rings (SSSR count). The molecule has 6 heteroatoms. The van der Waals surface area contributed by atoms with Gasteiger partial charge in [-0.1, -0.05) is 0 Å². The summed E-state index contributed by atoms with van der Waals surface area (Å²) in [6.45, 7) is 9.34. The molecule has 136 valence electrons. The molecule has 1 fully saturated rings. The Kier molecular flexibility index (Phi) is 4.61. The highest BCUT2D eigenvalue weighted by Gasteiger charge is 2.20. The first-order chi connectivity index (χ1) is 12.7. The molecular weight excluding hydrogens is 326 g/mol. The van der Waals surface area contributed by atoms with E-state index in [4.69, 9.17) is 10.1 Å². The molecule has 0 unspecified atom stereocenters. The van der Waals surface area contributed by atoms with Crippen molar-refractivity contribution < 1.29 is 5.11 Å². The number of aliphatic hydroxyl groups is 1. The second kappa shape index (κ2) is 7.05. The van der Waals surface area contributed by atoms with Crippen molar-refractivity contribution in [2.24, 2.45) is 0 Å². The molecule has 0 radical (unpaired) electrons. The molecule has 0 bridgehead atoms. The van der Waals surface area contributed by atoms with Crippen LogP contribution in [0.5, 0.6) is 0 Å². The summed E-state index contributed by atoms with van der Waals surface area (Å²) < 4.78 is 0. The maximum Gasteiger partial charge on any atom is 0.156 e. The number of aryl methyl sites for hydroxylation is 2. The van der Waals surface area contributed by atoms with Crippen LogP contribution in [0.1, 0.15) is 11.1 Å². The van der Waals surface area contributed by atoms with Crippen molar-refractivity contribution >= 4 is 16.9 Å². The van der Waals surface area contributed by atoms with Crippen LogP contribution in [0.25, 0.3) is 22.4 Å². The lowest BCUT2D eigenvalue weighted by atomic mass is 10.0. The Morgan fingerprint density at radius 2 is 1.85 bits per heavy atom. The lowest BCUT2D eigenvalue weighted by Crippen LogP contribution is -2.47. The van der Waals surface area contributed by atoms with Gasteiger partial charge in [0.2, 0.25) is 0 Å². The van der Waals surface area contributed by atoms with Crippen LogP contribution in [0.2, 0.25) is 0 Å². The normalized spacial score (nSPS) is 15.7. The quantitative estimate of drug-likeness (QED) is 0.755. The number of benzene rings is 1. The van der Waals surface area contributed by atoms with Crippen LogP contribution in [0.15, 0.2) is 30.6 Å². The predicted octanol–water partition coefficient (Wildman–Crippen LogP) is 2.36. The van der Waals surface area contributed by atoms with Crippen LogP contribution < -0.4 is 4.90 Å². The van der Waals surface area contributed by atoms with Crippen molar-refractivity contribution in [2.45, 2.75) is 13.8 Å². The molecule has 1 aliphatic heterocycles. The molecule has 0 spiro atoms. The Bertz CT molecular complexity index is 888. The Balaban J connectivity index is 1.61. The third-order valence-corrected chi connectivity index (χ3v) is 5.15. The van der Waals surface area contributed by atoms with Crippen molar-refractivity contribution in [3.05, 3.63) is 41.7 Å². The third kappa shape index (κ3) is 3.18. The molecule has 2 N–H and O–H groups in total. The molecule has 1 saturated heterocycles. The molecule has 1 aromatic carbocycles. The number of aromatic nitrogens is 3. The summed E-state index contributed by atoms with van der Waals surface area (Å²) in [7, 11) is 0. The van der Waals surface area contributed by atoms with Crippen LogP contribution >= 0.6 is 0 Å².